The van der Waals surface area contributed by atoms with E-state index in [1.807, 2.05) is 0 Å². The van der Waals surface area contributed by atoms with Crippen molar-refractivity contribution in [3.8, 4) is 11.3 Å². The standard InChI is InChI=1S/C15H9F3N2O2S/c1-22-14(21)12-5-9-10(15(16,17)18)6-11(20-13(9)23-12)8-3-2-4-19-7-8/h2-7H,1H3. The molecule has 0 aromatic carbocycles. The fourth-order valence-electron chi connectivity index (χ4n) is 2.11. The quantitative estimate of drug-likeness (QED) is 0.658. The maximum absolute atomic E-state index is 13.4. The van der Waals surface area contributed by atoms with E-state index in [0.29, 0.717) is 5.56 Å². The van der Waals surface area contributed by atoms with Crippen molar-refractivity contribution in [2.75, 3.05) is 7.11 Å². The highest BCUT2D eigenvalue weighted by Gasteiger charge is 2.34. The van der Waals surface area contributed by atoms with E-state index in [9.17, 15) is 18.0 Å². The zero-order chi connectivity index (χ0) is 16.6. The van der Waals surface area contributed by atoms with Crippen LogP contribution in [0.3, 0.4) is 0 Å². The first-order valence-corrected chi connectivity index (χ1v) is 7.22. The number of halogens is 3. The summed E-state index contributed by atoms with van der Waals surface area (Å²) < 4.78 is 44.6. The number of carbonyl (C=O) groups excluding carboxylic acids is 1. The molecule has 0 saturated heterocycles. The Hall–Kier alpha value is -2.48. The lowest BCUT2D eigenvalue weighted by atomic mass is 10.1. The van der Waals surface area contributed by atoms with E-state index >= 15 is 0 Å². The van der Waals surface area contributed by atoms with E-state index in [-0.39, 0.29) is 20.8 Å². The van der Waals surface area contributed by atoms with Crippen molar-refractivity contribution in [2.24, 2.45) is 0 Å². The lowest BCUT2D eigenvalue weighted by Gasteiger charge is -2.10. The van der Waals surface area contributed by atoms with Crippen LogP contribution in [0.1, 0.15) is 15.2 Å². The number of ether oxygens (including phenoxy) is 1. The maximum atomic E-state index is 13.4. The van der Waals surface area contributed by atoms with E-state index in [4.69, 9.17) is 0 Å². The summed E-state index contributed by atoms with van der Waals surface area (Å²) in [6.07, 6.45) is -1.61. The number of aromatic nitrogens is 2. The number of rotatable bonds is 2. The van der Waals surface area contributed by atoms with Crippen molar-refractivity contribution in [1.82, 2.24) is 9.97 Å². The predicted octanol–water partition coefficient (Wildman–Crippen LogP) is 4.16. The first kappa shape index (κ1) is 15.4. The zero-order valence-corrected chi connectivity index (χ0v) is 12.5. The summed E-state index contributed by atoms with van der Waals surface area (Å²) in [6.45, 7) is 0. The molecule has 8 heteroatoms. The number of pyridine rings is 2. The van der Waals surface area contributed by atoms with Gasteiger partial charge in [0.05, 0.1) is 18.4 Å². The zero-order valence-electron chi connectivity index (χ0n) is 11.7. The van der Waals surface area contributed by atoms with E-state index < -0.39 is 17.7 Å². The van der Waals surface area contributed by atoms with Gasteiger partial charge >= 0.3 is 12.1 Å². The molecule has 0 aliphatic rings. The Morgan fingerprint density at radius 2 is 2.09 bits per heavy atom. The molecule has 0 aliphatic carbocycles. The third-order valence-corrected chi connectivity index (χ3v) is 4.16. The molecule has 0 aliphatic heterocycles. The molecule has 0 bridgehead atoms. The van der Waals surface area contributed by atoms with E-state index in [0.717, 1.165) is 23.5 Å². The molecule has 3 aromatic rings. The van der Waals surface area contributed by atoms with Gasteiger partial charge < -0.3 is 4.74 Å². The minimum Gasteiger partial charge on any atom is -0.465 e. The summed E-state index contributed by atoms with van der Waals surface area (Å²) in [5.74, 6) is -0.691. The second-order valence-corrected chi connectivity index (χ2v) is 5.65. The number of esters is 1. The summed E-state index contributed by atoms with van der Waals surface area (Å²) in [5.41, 5.74) is -0.225. The van der Waals surface area contributed by atoms with Gasteiger partial charge in [-0.2, -0.15) is 13.2 Å². The second kappa shape index (κ2) is 5.62. The second-order valence-electron chi connectivity index (χ2n) is 4.62. The number of carbonyl (C=O) groups is 1. The van der Waals surface area contributed by atoms with Gasteiger partial charge in [0.1, 0.15) is 9.71 Å². The fraction of sp³-hybridized carbons (Fsp3) is 0.133. The monoisotopic (exact) mass is 338 g/mol. The molecule has 0 fully saturated rings. The minimum atomic E-state index is -4.56. The number of nitrogens with zero attached hydrogens (tertiary/aromatic N) is 2. The van der Waals surface area contributed by atoms with Gasteiger partial charge in [-0.05, 0) is 24.3 Å². The molecule has 23 heavy (non-hydrogen) atoms. The molecule has 3 heterocycles. The highest BCUT2D eigenvalue weighted by atomic mass is 32.1. The average Bonchev–Trinajstić information content (AvgIpc) is 2.96. The Kier molecular flexibility index (Phi) is 3.77. The molecule has 0 unspecified atom stereocenters. The van der Waals surface area contributed by atoms with Crippen LogP contribution in [0, 0.1) is 0 Å². The molecule has 0 saturated carbocycles. The van der Waals surface area contributed by atoms with Gasteiger partial charge in [-0.25, -0.2) is 9.78 Å². The van der Waals surface area contributed by atoms with Crippen LogP contribution in [-0.4, -0.2) is 23.0 Å². The lowest BCUT2D eigenvalue weighted by Crippen LogP contribution is -2.06. The van der Waals surface area contributed by atoms with Gasteiger partial charge in [-0.1, -0.05) is 0 Å². The molecule has 0 spiro atoms. The lowest BCUT2D eigenvalue weighted by molar-refractivity contribution is -0.136. The average molecular weight is 338 g/mol. The van der Waals surface area contributed by atoms with Crippen molar-refractivity contribution < 1.29 is 22.7 Å². The smallest absolute Gasteiger partial charge is 0.417 e. The Labute approximate surface area is 132 Å². The number of fused-ring (bicyclic) bond motifs is 1. The Bertz CT molecular complexity index is 876. The van der Waals surface area contributed by atoms with Crippen molar-refractivity contribution >= 4 is 27.5 Å². The number of hydrogen-bond donors (Lipinski definition) is 0. The van der Waals surface area contributed by atoms with Crippen molar-refractivity contribution in [2.45, 2.75) is 6.18 Å². The van der Waals surface area contributed by atoms with Gasteiger partial charge in [0.15, 0.2) is 0 Å². The third kappa shape index (κ3) is 2.89. The summed E-state index contributed by atoms with van der Waals surface area (Å²) in [7, 11) is 1.17. The van der Waals surface area contributed by atoms with Crippen LogP contribution < -0.4 is 0 Å². The molecule has 4 nitrogen and oxygen atoms in total. The first-order valence-electron chi connectivity index (χ1n) is 6.40. The minimum absolute atomic E-state index is 0.0730. The summed E-state index contributed by atoms with van der Waals surface area (Å²) in [6, 6.07) is 5.36. The van der Waals surface area contributed by atoms with E-state index in [1.54, 1.807) is 12.1 Å². The van der Waals surface area contributed by atoms with Gasteiger partial charge in [0, 0.05) is 23.3 Å². The van der Waals surface area contributed by atoms with Gasteiger partial charge in [-0.15, -0.1) is 11.3 Å². The Morgan fingerprint density at radius 1 is 1.30 bits per heavy atom. The predicted molar refractivity (Wildman–Crippen MR) is 79.2 cm³/mol. The summed E-state index contributed by atoms with van der Waals surface area (Å²) in [4.78, 5) is 19.9. The van der Waals surface area contributed by atoms with Crippen LogP contribution in [0.2, 0.25) is 0 Å². The van der Waals surface area contributed by atoms with Gasteiger partial charge in [-0.3, -0.25) is 4.98 Å². The van der Waals surface area contributed by atoms with Crippen LogP contribution >= 0.6 is 11.3 Å². The molecule has 0 N–H and O–H groups in total. The Morgan fingerprint density at radius 3 is 2.70 bits per heavy atom. The number of thiophene rings is 1. The molecular weight excluding hydrogens is 329 g/mol. The Balaban J connectivity index is 2.27. The van der Waals surface area contributed by atoms with Crippen LogP contribution in [0.5, 0.6) is 0 Å². The van der Waals surface area contributed by atoms with Crippen LogP contribution in [-0.2, 0) is 10.9 Å². The summed E-state index contributed by atoms with van der Waals surface area (Å²) >= 11 is 0.863. The molecule has 0 amide bonds. The van der Waals surface area contributed by atoms with E-state index in [2.05, 4.69) is 14.7 Å². The topological polar surface area (TPSA) is 52.1 Å². The van der Waals surface area contributed by atoms with Crippen molar-refractivity contribution in [3.63, 3.8) is 0 Å². The van der Waals surface area contributed by atoms with Gasteiger partial charge in [0.2, 0.25) is 0 Å². The molecule has 0 radical (unpaired) electrons. The SMILES string of the molecule is COC(=O)c1cc2c(C(F)(F)F)cc(-c3cccnc3)nc2s1. The van der Waals surface area contributed by atoms with Crippen molar-refractivity contribution in [1.29, 1.82) is 0 Å². The molecule has 3 rings (SSSR count). The highest BCUT2D eigenvalue weighted by molar-refractivity contribution is 7.20. The largest absolute Gasteiger partial charge is 0.465 e. The fourth-order valence-corrected chi connectivity index (χ4v) is 3.09. The first-order chi connectivity index (χ1) is 10.9. The molecule has 0 atom stereocenters. The number of methoxy groups -OCH3 is 1. The molecular formula is C15H9F3N2O2S. The number of hydrogen-bond acceptors (Lipinski definition) is 5. The molecule has 3 aromatic heterocycles. The van der Waals surface area contributed by atoms with E-state index in [1.165, 1.54) is 19.5 Å². The number of alkyl halides is 3. The van der Waals surface area contributed by atoms with Crippen molar-refractivity contribution in [3.05, 3.63) is 47.1 Å². The summed E-state index contributed by atoms with van der Waals surface area (Å²) in [5, 5.41) is -0.115. The third-order valence-electron chi connectivity index (χ3n) is 3.15. The maximum Gasteiger partial charge on any atom is 0.417 e. The van der Waals surface area contributed by atoms with Gasteiger partial charge in [0.25, 0.3) is 0 Å². The van der Waals surface area contributed by atoms with Crippen LogP contribution in [0.15, 0.2) is 36.7 Å². The highest BCUT2D eigenvalue weighted by Crippen LogP contribution is 2.39. The van der Waals surface area contributed by atoms with Crippen LogP contribution in [0.25, 0.3) is 21.5 Å². The normalized spacial score (nSPS) is 11.7. The molecule has 118 valence electrons. The van der Waals surface area contributed by atoms with Crippen LogP contribution in [0.4, 0.5) is 13.2 Å².